The van der Waals surface area contributed by atoms with Gasteiger partial charge in [-0.05, 0) is 0 Å². The summed E-state index contributed by atoms with van der Waals surface area (Å²) in [6.07, 6.45) is 0. The first kappa shape index (κ1) is 9.37. The summed E-state index contributed by atoms with van der Waals surface area (Å²) in [6, 6.07) is 0.0541. The van der Waals surface area contributed by atoms with Crippen molar-refractivity contribution >= 4 is 5.97 Å². The van der Waals surface area contributed by atoms with E-state index < -0.39 is 34.7 Å². The molecule has 0 saturated heterocycles. The number of hydrogen-bond donors (Lipinski definition) is 2. The van der Waals surface area contributed by atoms with Crippen molar-refractivity contribution in [2.24, 2.45) is 0 Å². The first-order valence-electron chi connectivity index (χ1n) is 3.05. The molecule has 0 fully saturated rings. The van der Waals surface area contributed by atoms with Gasteiger partial charge in [-0.2, -0.15) is 4.39 Å². The highest BCUT2D eigenvalue weighted by Crippen LogP contribution is 2.26. The van der Waals surface area contributed by atoms with Gasteiger partial charge in [-0.3, -0.25) is 0 Å². The van der Waals surface area contributed by atoms with Crippen molar-refractivity contribution < 1.29 is 28.2 Å². The lowest BCUT2D eigenvalue weighted by Crippen LogP contribution is -2.04. The Kier molecular flexibility index (Phi) is 2.14. The standard InChI is InChI=1S/C7H3F3O3/c8-2-1-3(9)5(10)6(11)4(2)7(12)13/h1,11H,(H,12,13). The predicted molar refractivity (Wildman–Crippen MR) is 34.9 cm³/mol. The number of hydrogen-bond acceptors (Lipinski definition) is 2. The average molecular weight is 192 g/mol. The fraction of sp³-hybridized carbons (Fsp3) is 0. The Labute approximate surface area is 70.0 Å². The van der Waals surface area contributed by atoms with Gasteiger partial charge in [-0.1, -0.05) is 0 Å². The van der Waals surface area contributed by atoms with Crippen molar-refractivity contribution in [3.8, 4) is 5.75 Å². The van der Waals surface area contributed by atoms with Crippen molar-refractivity contribution in [1.82, 2.24) is 0 Å². The van der Waals surface area contributed by atoms with Gasteiger partial charge in [0.05, 0.1) is 0 Å². The predicted octanol–water partition coefficient (Wildman–Crippen LogP) is 1.51. The molecule has 1 aromatic rings. The number of aromatic hydroxyl groups is 1. The summed E-state index contributed by atoms with van der Waals surface area (Å²) in [4.78, 5) is 10.2. The van der Waals surface area contributed by atoms with Crippen LogP contribution in [0.2, 0.25) is 0 Å². The molecule has 0 saturated carbocycles. The third-order valence-corrected chi connectivity index (χ3v) is 1.36. The number of aromatic carboxylic acids is 1. The molecule has 0 atom stereocenters. The Morgan fingerprint density at radius 3 is 2.23 bits per heavy atom. The van der Waals surface area contributed by atoms with Crippen molar-refractivity contribution in [3.05, 3.63) is 29.1 Å². The largest absolute Gasteiger partial charge is 0.504 e. The second kappa shape index (κ2) is 2.96. The number of halogens is 3. The molecule has 0 radical (unpaired) electrons. The van der Waals surface area contributed by atoms with Crippen LogP contribution in [0.15, 0.2) is 6.07 Å². The molecule has 1 aromatic carbocycles. The number of carbonyl (C=O) groups is 1. The molecule has 6 heteroatoms. The van der Waals surface area contributed by atoms with Crippen molar-refractivity contribution in [2.45, 2.75) is 0 Å². The SMILES string of the molecule is O=C(O)c1c(F)cc(F)c(F)c1O. The summed E-state index contributed by atoms with van der Waals surface area (Å²) in [5.41, 5.74) is -1.28. The van der Waals surface area contributed by atoms with Crippen LogP contribution in [0.3, 0.4) is 0 Å². The quantitative estimate of drug-likeness (QED) is 0.663. The minimum atomic E-state index is -1.87. The molecule has 1 rings (SSSR count). The Bertz CT molecular complexity index is 376. The maximum absolute atomic E-state index is 12.6. The van der Waals surface area contributed by atoms with E-state index in [1.165, 1.54) is 0 Å². The van der Waals surface area contributed by atoms with Crippen LogP contribution in [-0.2, 0) is 0 Å². The zero-order valence-corrected chi connectivity index (χ0v) is 6.01. The molecule has 0 bridgehead atoms. The second-order valence-electron chi connectivity index (χ2n) is 2.18. The molecule has 3 nitrogen and oxygen atoms in total. The van der Waals surface area contributed by atoms with Crippen LogP contribution >= 0.6 is 0 Å². The van der Waals surface area contributed by atoms with Crippen molar-refractivity contribution in [1.29, 1.82) is 0 Å². The van der Waals surface area contributed by atoms with E-state index in [1.54, 1.807) is 0 Å². The van der Waals surface area contributed by atoms with Crippen LogP contribution in [0.4, 0.5) is 13.2 Å². The molecular formula is C7H3F3O3. The van der Waals surface area contributed by atoms with E-state index in [-0.39, 0.29) is 6.07 Å². The third-order valence-electron chi connectivity index (χ3n) is 1.36. The number of carboxylic acids is 1. The highest BCUT2D eigenvalue weighted by Gasteiger charge is 2.22. The number of rotatable bonds is 1. The molecule has 0 aliphatic heterocycles. The summed E-state index contributed by atoms with van der Waals surface area (Å²) in [6.45, 7) is 0. The fourth-order valence-electron chi connectivity index (χ4n) is 0.786. The van der Waals surface area contributed by atoms with Gasteiger partial charge in [-0.15, -0.1) is 0 Å². The molecule has 0 heterocycles. The van der Waals surface area contributed by atoms with Crippen LogP contribution in [0.5, 0.6) is 5.75 Å². The Balaban J connectivity index is 3.53. The van der Waals surface area contributed by atoms with E-state index in [0.717, 1.165) is 0 Å². The van der Waals surface area contributed by atoms with E-state index in [9.17, 15) is 18.0 Å². The molecule has 0 aliphatic rings. The van der Waals surface area contributed by atoms with Gasteiger partial charge >= 0.3 is 5.97 Å². The molecule has 70 valence electrons. The van der Waals surface area contributed by atoms with Gasteiger partial charge in [0.15, 0.2) is 11.6 Å². The van der Waals surface area contributed by atoms with Gasteiger partial charge in [0, 0.05) is 6.07 Å². The fourth-order valence-corrected chi connectivity index (χ4v) is 0.786. The van der Waals surface area contributed by atoms with Gasteiger partial charge in [0.25, 0.3) is 0 Å². The molecule has 0 spiro atoms. The second-order valence-corrected chi connectivity index (χ2v) is 2.18. The van der Waals surface area contributed by atoms with Gasteiger partial charge < -0.3 is 10.2 Å². The summed E-state index contributed by atoms with van der Waals surface area (Å²) >= 11 is 0. The first-order valence-corrected chi connectivity index (χ1v) is 3.05. The summed E-state index contributed by atoms with van der Waals surface area (Å²) in [5, 5.41) is 17.0. The van der Waals surface area contributed by atoms with Gasteiger partial charge in [0.1, 0.15) is 11.4 Å². The van der Waals surface area contributed by atoms with E-state index in [0.29, 0.717) is 0 Å². The number of carboxylic acid groups (broad SMARTS) is 1. The molecule has 2 N–H and O–H groups in total. The van der Waals surface area contributed by atoms with E-state index >= 15 is 0 Å². The summed E-state index contributed by atoms with van der Waals surface area (Å²) < 4.78 is 37.4. The van der Waals surface area contributed by atoms with Gasteiger partial charge in [-0.25, -0.2) is 13.6 Å². The Morgan fingerprint density at radius 1 is 1.23 bits per heavy atom. The van der Waals surface area contributed by atoms with Crippen LogP contribution in [0.1, 0.15) is 10.4 Å². The Morgan fingerprint density at radius 2 is 1.77 bits per heavy atom. The minimum absolute atomic E-state index is 0.0541. The molecule has 0 aromatic heterocycles. The molecular weight excluding hydrogens is 189 g/mol. The third kappa shape index (κ3) is 1.42. The smallest absolute Gasteiger partial charge is 0.342 e. The summed E-state index contributed by atoms with van der Waals surface area (Å²) in [5.74, 6) is -8.35. The zero-order valence-electron chi connectivity index (χ0n) is 6.01. The zero-order chi connectivity index (χ0) is 10.2. The van der Waals surface area contributed by atoms with Crippen LogP contribution in [-0.4, -0.2) is 16.2 Å². The lowest BCUT2D eigenvalue weighted by atomic mass is 10.2. The monoisotopic (exact) mass is 192 g/mol. The number of phenols is 1. The lowest BCUT2D eigenvalue weighted by molar-refractivity contribution is 0.0687. The van der Waals surface area contributed by atoms with Crippen LogP contribution < -0.4 is 0 Å². The lowest BCUT2D eigenvalue weighted by Gasteiger charge is -2.02. The summed E-state index contributed by atoms with van der Waals surface area (Å²) in [7, 11) is 0. The molecule has 0 unspecified atom stereocenters. The molecule has 0 amide bonds. The van der Waals surface area contributed by atoms with Crippen LogP contribution in [0.25, 0.3) is 0 Å². The Hall–Kier alpha value is -1.72. The number of benzene rings is 1. The highest BCUT2D eigenvalue weighted by atomic mass is 19.2. The maximum atomic E-state index is 12.6. The normalized spacial score (nSPS) is 10.1. The highest BCUT2D eigenvalue weighted by molar-refractivity contribution is 5.91. The molecule has 0 aliphatic carbocycles. The van der Waals surface area contributed by atoms with Crippen molar-refractivity contribution in [2.75, 3.05) is 0 Å². The topological polar surface area (TPSA) is 57.5 Å². The van der Waals surface area contributed by atoms with Crippen LogP contribution in [0, 0.1) is 17.5 Å². The van der Waals surface area contributed by atoms with Crippen molar-refractivity contribution in [3.63, 3.8) is 0 Å². The van der Waals surface area contributed by atoms with Gasteiger partial charge in [0.2, 0.25) is 5.82 Å². The van der Waals surface area contributed by atoms with E-state index in [2.05, 4.69) is 0 Å². The average Bonchev–Trinajstić information content (AvgIpc) is 1.99. The first-order chi connectivity index (χ1) is 5.95. The maximum Gasteiger partial charge on any atom is 0.342 e. The minimum Gasteiger partial charge on any atom is -0.504 e. The van der Waals surface area contributed by atoms with E-state index in [4.69, 9.17) is 10.2 Å². The van der Waals surface area contributed by atoms with E-state index in [1.807, 2.05) is 0 Å². The molecule has 13 heavy (non-hydrogen) atoms.